The summed E-state index contributed by atoms with van der Waals surface area (Å²) in [5.41, 5.74) is 0. The van der Waals surface area contributed by atoms with Gasteiger partial charge in [-0.2, -0.15) is 10.5 Å². The first-order chi connectivity index (χ1) is 10.2. The Labute approximate surface area is 128 Å². The van der Waals surface area contributed by atoms with Crippen LogP contribution >= 0.6 is 0 Å². The Kier molecular flexibility index (Phi) is 6.50. The summed E-state index contributed by atoms with van der Waals surface area (Å²) in [5, 5.41) is 17.5. The Morgan fingerprint density at radius 1 is 0.762 bits per heavy atom. The minimum Gasteiger partial charge on any atom is -0.247 e. The quantitative estimate of drug-likeness (QED) is 0.702. The van der Waals surface area contributed by atoms with Crippen LogP contribution in [0.25, 0.3) is 0 Å². The van der Waals surface area contributed by atoms with Crippen LogP contribution in [0.4, 0.5) is 4.39 Å². The van der Waals surface area contributed by atoms with Crippen molar-refractivity contribution in [3.05, 3.63) is 0 Å². The Hall–Kier alpha value is -1.09. The van der Waals surface area contributed by atoms with E-state index in [0.717, 1.165) is 57.8 Å². The predicted octanol–water partition coefficient (Wildman–Crippen LogP) is 5.15. The lowest BCUT2D eigenvalue weighted by atomic mass is 9.74. The van der Waals surface area contributed by atoms with E-state index in [2.05, 4.69) is 12.1 Å². The van der Waals surface area contributed by atoms with Crippen molar-refractivity contribution in [3.8, 4) is 12.1 Å². The number of halogens is 1. The van der Waals surface area contributed by atoms with E-state index < -0.39 is 6.17 Å². The number of nitrogens with zero attached hydrogens (tertiary/aromatic N) is 2. The van der Waals surface area contributed by atoms with E-state index in [9.17, 15) is 4.39 Å². The van der Waals surface area contributed by atoms with E-state index in [1.165, 1.54) is 0 Å². The third-order valence-electron chi connectivity index (χ3n) is 5.69. The molecule has 0 aromatic rings. The van der Waals surface area contributed by atoms with Gasteiger partial charge in [-0.3, -0.25) is 0 Å². The van der Waals surface area contributed by atoms with E-state index in [-0.39, 0.29) is 5.92 Å². The fourth-order valence-corrected chi connectivity index (χ4v) is 4.19. The largest absolute Gasteiger partial charge is 0.247 e. The molecule has 0 amide bonds. The summed E-state index contributed by atoms with van der Waals surface area (Å²) in [7, 11) is 0. The number of nitriles is 2. The molecule has 0 aromatic heterocycles. The first kappa shape index (κ1) is 16.3. The molecule has 0 bridgehead atoms. The minimum atomic E-state index is -0.648. The Bertz CT molecular complexity index is 379. The van der Waals surface area contributed by atoms with Crippen molar-refractivity contribution in [2.45, 2.75) is 76.8 Å². The second-order valence-electron chi connectivity index (χ2n) is 7.14. The monoisotopic (exact) mass is 290 g/mol. The van der Waals surface area contributed by atoms with Crippen LogP contribution in [0.2, 0.25) is 0 Å². The summed E-state index contributed by atoms with van der Waals surface area (Å²) < 4.78 is 14.5. The van der Waals surface area contributed by atoms with Gasteiger partial charge in [0.25, 0.3) is 0 Å². The smallest absolute Gasteiger partial charge is 0.103 e. The second-order valence-corrected chi connectivity index (χ2v) is 7.14. The maximum Gasteiger partial charge on any atom is 0.103 e. The number of rotatable bonds is 5. The van der Waals surface area contributed by atoms with Gasteiger partial charge in [0.1, 0.15) is 6.17 Å². The van der Waals surface area contributed by atoms with Gasteiger partial charge < -0.3 is 0 Å². The highest BCUT2D eigenvalue weighted by Gasteiger charge is 2.30. The predicted molar refractivity (Wildman–Crippen MR) is 80.9 cm³/mol. The molecule has 2 aliphatic rings. The van der Waals surface area contributed by atoms with Crippen LogP contribution in [0.5, 0.6) is 0 Å². The molecular formula is C18H27FN2. The third kappa shape index (κ3) is 4.99. The fraction of sp³-hybridized carbons (Fsp3) is 0.889. The van der Waals surface area contributed by atoms with Crippen LogP contribution in [0.3, 0.4) is 0 Å². The van der Waals surface area contributed by atoms with Crippen molar-refractivity contribution < 1.29 is 4.39 Å². The summed E-state index contributed by atoms with van der Waals surface area (Å²) >= 11 is 0. The molecule has 2 aliphatic carbocycles. The van der Waals surface area contributed by atoms with E-state index in [1.54, 1.807) is 0 Å². The second kappa shape index (κ2) is 8.38. The van der Waals surface area contributed by atoms with Gasteiger partial charge in [-0.15, -0.1) is 0 Å². The van der Waals surface area contributed by atoms with Crippen LogP contribution in [0.15, 0.2) is 0 Å². The Balaban J connectivity index is 1.68. The van der Waals surface area contributed by atoms with Gasteiger partial charge in [0.05, 0.1) is 12.1 Å². The van der Waals surface area contributed by atoms with Gasteiger partial charge in [0, 0.05) is 12.8 Å². The molecule has 3 heteroatoms. The zero-order valence-corrected chi connectivity index (χ0v) is 12.9. The molecule has 2 fully saturated rings. The summed E-state index contributed by atoms with van der Waals surface area (Å²) in [6.45, 7) is 0. The lowest BCUT2D eigenvalue weighted by molar-refractivity contribution is 0.117. The summed E-state index contributed by atoms with van der Waals surface area (Å²) in [6.07, 6.45) is 9.85. The lowest BCUT2D eigenvalue weighted by Crippen LogP contribution is -2.26. The highest BCUT2D eigenvalue weighted by Crippen LogP contribution is 2.39. The topological polar surface area (TPSA) is 47.6 Å². The van der Waals surface area contributed by atoms with Crippen molar-refractivity contribution in [2.75, 3.05) is 0 Å². The fourth-order valence-electron chi connectivity index (χ4n) is 4.19. The van der Waals surface area contributed by atoms with Crippen LogP contribution in [-0.2, 0) is 0 Å². The number of hydrogen-bond acceptors (Lipinski definition) is 2. The van der Waals surface area contributed by atoms with Crippen LogP contribution in [0, 0.1) is 46.3 Å². The minimum absolute atomic E-state index is 0.233. The van der Waals surface area contributed by atoms with Gasteiger partial charge in [-0.25, -0.2) is 4.39 Å². The van der Waals surface area contributed by atoms with Crippen LogP contribution in [0.1, 0.15) is 70.6 Å². The van der Waals surface area contributed by atoms with E-state index in [4.69, 9.17) is 10.5 Å². The molecule has 1 unspecified atom stereocenters. The zero-order chi connectivity index (χ0) is 15.1. The average Bonchev–Trinajstić information content (AvgIpc) is 2.50. The molecule has 2 saturated carbocycles. The van der Waals surface area contributed by atoms with Crippen molar-refractivity contribution in [2.24, 2.45) is 23.7 Å². The van der Waals surface area contributed by atoms with Gasteiger partial charge in [0.2, 0.25) is 0 Å². The molecule has 1 atom stereocenters. The molecule has 0 aliphatic heterocycles. The van der Waals surface area contributed by atoms with Gasteiger partial charge in [-0.05, 0) is 68.6 Å². The summed E-state index contributed by atoms with van der Waals surface area (Å²) in [6, 6.07) is 4.51. The molecule has 0 saturated heterocycles. The van der Waals surface area contributed by atoms with Gasteiger partial charge >= 0.3 is 0 Å². The van der Waals surface area contributed by atoms with Gasteiger partial charge in [0.15, 0.2) is 0 Å². The van der Waals surface area contributed by atoms with E-state index in [1.807, 2.05) is 0 Å². The summed E-state index contributed by atoms with van der Waals surface area (Å²) in [4.78, 5) is 0. The SMILES string of the molecule is N#CC[C@H]1CC[C@H](CC(F)[C@H]2CC[C@H](CC#N)CC2)CC1. The molecule has 0 aromatic carbocycles. The van der Waals surface area contributed by atoms with E-state index >= 15 is 0 Å². The normalized spacial score (nSPS) is 34.6. The van der Waals surface area contributed by atoms with Crippen molar-refractivity contribution in [1.82, 2.24) is 0 Å². The molecular weight excluding hydrogens is 263 g/mol. The first-order valence-corrected chi connectivity index (χ1v) is 8.60. The third-order valence-corrected chi connectivity index (χ3v) is 5.69. The van der Waals surface area contributed by atoms with Gasteiger partial charge in [-0.1, -0.05) is 12.8 Å². The molecule has 0 radical (unpaired) electrons. The molecule has 0 spiro atoms. The maximum atomic E-state index is 14.5. The highest BCUT2D eigenvalue weighted by molar-refractivity contribution is 4.85. The molecule has 116 valence electrons. The number of alkyl halides is 1. The molecule has 21 heavy (non-hydrogen) atoms. The van der Waals surface area contributed by atoms with Crippen molar-refractivity contribution in [1.29, 1.82) is 10.5 Å². The molecule has 0 heterocycles. The van der Waals surface area contributed by atoms with Crippen LogP contribution in [-0.4, -0.2) is 6.17 Å². The lowest BCUT2D eigenvalue weighted by Gasteiger charge is -2.33. The van der Waals surface area contributed by atoms with E-state index in [0.29, 0.717) is 30.6 Å². The molecule has 0 N–H and O–H groups in total. The first-order valence-electron chi connectivity index (χ1n) is 8.60. The Morgan fingerprint density at radius 2 is 1.19 bits per heavy atom. The highest BCUT2D eigenvalue weighted by atomic mass is 19.1. The number of hydrogen-bond donors (Lipinski definition) is 0. The van der Waals surface area contributed by atoms with Crippen LogP contribution < -0.4 is 0 Å². The maximum absolute atomic E-state index is 14.5. The van der Waals surface area contributed by atoms with Crippen molar-refractivity contribution >= 4 is 0 Å². The Morgan fingerprint density at radius 3 is 1.67 bits per heavy atom. The summed E-state index contributed by atoms with van der Waals surface area (Å²) in [5.74, 6) is 1.84. The standard InChI is InChI=1S/C18H27FN2/c19-18(17-7-5-15(6-8-17)10-12-21)13-16-3-1-14(2-4-16)9-11-20/h14-18H,1-10,13H2/t14-,15-,16-,17-,18?. The zero-order valence-electron chi connectivity index (χ0n) is 12.9. The molecule has 2 nitrogen and oxygen atoms in total. The van der Waals surface area contributed by atoms with Crippen molar-refractivity contribution in [3.63, 3.8) is 0 Å². The molecule has 2 rings (SSSR count). The average molecular weight is 290 g/mol.